The normalized spacial score (nSPS) is 12.3. The van der Waals surface area contributed by atoms with Crippen molar-refractivity contribution in [2.45, 2.75) is 38.7 Å². The average molecular weight is 161 g/mol. The molecule has 0 amide bonds. The van der Waals surface area contributed by atoms with Crippen molar-refractivity contribution in [3.8, 4) is 0 Å². The average Bonchev–Trinajstić information content (AvgIpc) is 1.64. The lowest BCUT2D eigenvalue weighted by molar-refractivity contribution is 0.523. The maximum atomic E-state index is 5.28. The molecule has 0 N–H and O–H groups in total. The van der Waals surface area contributed by atoms with Crippen LogP contribution in [0.2, 0.25) is 5.04 Å². The van der Waals surface area contributed by atoms with Gasteiger partial charge in [-0.25, -0.2) is 0 Å². The highest BCUT2D eigenvalue weighted by Crippen LogP contribution is 2.28. The maximum Gasteiger partial charge on any atom is 0.183 e. The van der Waals surface area contributed by atoms with Crippen molar-refractivity contribution >= 4 is 20.2 Å². The summed E-state index contributed by atoms with van der Waals surface area (Å²) in [5.74, 6) is 0. The second-order valence-corrected chi connectivity index (χ2v) is 6.78. The summed E-state index contributed by atoms with van der Waals surface area (Å²) in [6.45, 7) is 6.82. The summed E-state index contributed by atoms with van der Waals surface area (Å²) in [5, 5.41) is 0.497. The van der Waals surface area contributed by atoms with Crippen LogP contribution in [0.3, 0.4) is 0 Å². The monoisotopic (exact) mass is 161 g/mol. The minimum absolute atomic E-state index is 0.255. The highest BCUT2D eigenvalue weighted by Gasteiger charge is 2.16. The van der Waals surface area contributed by atoms with Crippen LogP contribution < -0.4 is 0 Å². The lowest BCUT2D eigenvalue weighted by Crippen LogP contribution is -2.14. The Morgan fingerprint density at radius 3 is 2.44 bits per heavy atom. The quantitative estimate of drug-likeness (QED) is 0.550. The van der Waals surface area contributed by atoms with Crippen LogP contribution in [0.25, 0.3) is 0 Å². The summed E-state index contributed by atoms with van der Waals surface area (Å²) in [4.78, 5) is 0. The zero-order valence-corrected chi connectivity index (χ0v) is 10.1. The van der Waals surface area contributed by atoms with E-state index in [1.807, 2.05) is 0 Å². The van der Waals surface area contributed by atoms with E-state index in [4.69, 9.17) is 4.12 Å². The molecular weight excluding hydrogens is 144 g/mol. The number of hydrogen-bond acceptors (Lipinski definition) is 1. The molecule has 3 heteroatoms. The van der Waals surface area contributed by atoms with Gasteiger partial charge in [-0.2, -0.15) is 0 Å². The van der Waals surface area contributed by atoms with Crippen LogP contribution in [0.4, 0.5) is 0 Å². The molecule has 1 nitrogen and oxygen atoms in total. The van der Waals surface area contributed by atoms with E-state index < -0.39 is 0 Å². The van der Waals surface area contributed by atoms with E-state index in [9.17, 15) is 0 Å². The molecule has 9 heavy (non-hydrogen) atoms. The molecule has 1 radical (unpaired) electrons. The molecule has 0 aliphatic heterocycles. The zero-order valence-electron chi connectivity index (χ0n) is 6.90. The predicted octanol–water partition coefficient (Wildman–Crippen LogP) is 0.633. The van der Waals surface area contributed by atoms with Crippen molar-refractivity contribution in [2.24, 2.45) is 0 Å². The van der Waals surface area contributed by atoms with Gasteiger partial charge in [-0.1, -0.05) is 27.2 Å². The first-order chi connectivity index (χ1) is 4.12. The molecule has 0 aromatic heterocycles. The Morgan fingerprint density at radius 2 is 2.11 bits per heavy atom. The first-order valence-corrected chi connectivity index (χ1v) is 5.36. The Hall–Kier alpha value is 0.394. The molecule has 0 saturated heterocycles. The molecule has 0 aromatic carbocycles. The van der Waals surface area contributed by atoms with Crippen LogP contribution in [0.15, 0.2) is 0 Å². The third kappa shape index (κ3) is 4.87. The third-order valence-corrected chi connectivity index (χ3v) is 3.20. The third-order valence-electron chi connectivity index (χ3n) is 1.33. The molecule has 0 bridgehead atoms. The summed E-state index contributed by atoms with van der Waals surface area (Å²) in [6.07, 6.45) is 2.59. The molecule has 0 aliphatic rings. The lowest BCUT2D eigenvalue weighted by atomic mass is 10.1. The molecule has 0 heterocycles. The standard InChI is InChI=1S/C6H17OSi2/c1-4-5-6(2,3)9-7-8/h9H,4-5H2,1-3,8H3. The lowest BCUT2D eigenvalue weighted by Gasteiger charge is -2.20. The van der Waals surface area contributed by atoms with Gasteiger partial charge in [0.05, 0.1) is 0 Å². The van der Waals surface area contributed by atoms with Gasteiger partial charge in [-0.3, -0.25) is 0 Å². The summed E-state index contributed by atoms with van der Waals surface area (Å²) in [5.41, 5.74) is 0. The van der Waals surface area contributed by atoms with Gasteiger partial charge in [-0.15, -0.1) is 0 Å². The smallest absolute Gasteiger partial charge is 0.183 e. The van der Waals surface area contributed by atoms with Gasteiger partial charge >= 0.3 is 0 Å². The summed E-state index contributed by atoms with van der Waals surface area (Å²) in [6, 6.07) is 0. The topological polar surface area (TPSA) is 9.23 Å². The van der Waals surface area contributed by atoms with Crippen molar-refractivity contribution in [3.05, 3.63) is 0 Å². The summed E-state index contributed by atoms with van der Waals surface area (Å²) >= 11 is 0. The summed E-state index contributed by atoms with van der Waals surface area (Å²) < 4.78 is 5.28. The van der Waals surface area contributed by atoms with E-state index >= 15 is 0 Å². The minimum atomic E-state index is 0.255. The van der Waals surface area contributed by atoms with Crippen LogP contribution in [-0.2, 0) is 4.12 Å². The molecular formula is C6H17OSi2. The van der Waals surface area contributed by atoms with Crippen LogP contribution in [-0.4, -0.2) is 20.2 Å². The second-order valence-electron chi connectivity index (χ2n) is 3.09. The number of rotatable bonds is 4. The van der Waals surface area contributed by atoms with Crippen LogP contribution in [0.1, 0.15) is 33.6 Å². The molecule has 55 valence electrons. The Morgan fingerprint density at radius 1 is 1.56 bits per heavy atom. The van der Waals surface area contributed by atoms with Gasteiger partial charge < -0.3 is 4.12 Å². The summed E-state index contributed by atoms with van der Waals surface area (Å²) in [7, 11) is 1.17. The fraction of sp³-hybridized carbons (Fsp3) is 1.00. The Kier molecular flexibility index (Phi) is 4.43. The van der Waals surface area contributed by atoms with Crippen molar-refractivity contribution in [2.75, 3.05) is 0 Å². The van der Waals surface area contributed by atoms with E-state index in [2.05, 4.69) is 20.8 Å². The first-order valence-electron chi connectivity index (χ1n) is 3.49. The van der Waals surface area contributed by atoms with E-state index in [1.54, 1.807) is 0 Å². The second kappa shape index (κ2) is 4.25. The van der Waals surface area contributed by atoms with Crippen LogP contribution >= 0.6 is 0 Å². The van der Waals surface area contributed by atoms with Crippen LogP contribution in [0.5, 0.6) is 0 Å². The SMILES string of the molecule is CCCC(C)(C)[SiH]O[SiH3]. The molecule has 0 fully saturated rings. The molecule has 0 saturated carbocycles. The Balaban J connectivity index is 3.43. The van der Waals surface area contributed by atoms with Crippen molar-refractivity contribution in [1.29, 1.82) is 0 Å². The highest BCUT2D eigenvalue weighted by molar-refractivity contribution is 6.37. The van der Waals surface area contributed by atoms with Gasteiger partial charge in [0.25, 0.3) is 0 Å². The van der Waals surface area contributed by atoms with Gasteiger partial charge in [0.15, 0.2) is 9.76 Å². The predicted molar refractivity (Wildman–Crippen MR) is 47.1 cm³/mol. The fourth-order valence-electron chi connectivity index (χ4n) is 1.02. The Bertz CT molecular complexity index is 65.5. The molecule has 0 unspecified atom stereocenters. The molecule has 0 atom stereocenters. The van der Waals surface area contributed by atoms with Gasteiger partial charge in [0.2, 0.25) is 0 Å². The fourth-order valence-corrected chi connectivity index (χ4v) is 3.98. The molecule has 0 spiro atoms. The molecule has 0 aliphatic carbocycles. The first kappa shape index (κ1) is 9.39. The number of hydrogen-bond donors (Lipinski definition) is 0. The maximum absolute atomic E-state index is 5.28. The van der Waals surface area contributed by atoms with E-state index in [1.165, 1.54) is 12.8 Å². The van der Waals surface area contributed by atoms with Crippen molar-refractivity contribution in [1.82, 2.24) is 0 Å². The minimum Gasteiger partial charge on any atom is -0.466 e. The van der Waals surface area contributed by atoms with Gasteiger partial charge in [0, 0.05) is 0 Å². The zero-order chi connectivity index (χ0) is 7.33. The molecule has 0 rings (SSSR count). The highest BCUT2D eigenvalue weighted by atomic mass is 28.3. The van der Waals surface area contributed by atoms with Crippen LogP contribution in [0, 0.1) is 0 Å². The largest absolute Gasteiger partial charge is 0.466 e. The van der Waals surface area contributed by atoms with Crippen molar-refractivity contribution < 1.29 is 4.12 Å². The molecule has 0 aromatic rings. The van der Waals surface area contributed by atoms with Gasteiger partial charge in [-0.05, 0) is 11.5 Å². The van der Waals surface area contributed by atoms with Gasteiger partial charge in [0.1, 0.15) is 10.5 Å². The van der Waals surface area contributed by atoms with Crippen molar-refractivity contribution in [3.63, 3.8) is 0 Å². The van der Waals surface area contributed by atoms with E-state index in [-0.39, 0.29) is 9.76 Å². The van der Waals surface area contributed by atoms with E-state index in [0.29, 0.717) is 5.04 Å². The Labute approximate surface area is 63.7 Å². The van der Waals surface area contributed by atoms with E-state index in [0.717, 1.165) is 10.5 Å².